The van der Waals surface area contributed by atoms with Crippen molar-refractivity contribution in [2.45, 2.75) is 85.0 Å². The predicted octanol–water partition coefficient (Wildman–Crippen LogP) is 6.37. The molecule has 0 aliphatic carbocycles. The molecule has 0 bridgehead atoms. The Kier molecular flexibility index (Phi) is 10.3. The van der Waals surface area contributed by atoms with Gasteiger partial charge in [-0.3, -0.25) is 15.0 Å². The molecule has 12 nitrogen and oxygen atoms in total. The third-order valence-electron chi connectivity index (χ3n) is 7.34. The molecule has 1 aromatic heterocycles. The van der Waals surface area contributed by atoms with Gasteiger partial charge in [0, 0.05) is 38.3 Å². The minimum atomic E-state index is -0.675. The first-order chi connectivity index (χ1) is 21.5. The van der Waals surface area contributed by atoms with Crippen LogP contribution in [0.4, 0.5) is 21.2 Å². The number of amides is 4. The maximum atomic E-state index is 13.6. The molecule has 0 saturated carbocycles. The molecule has 1 aliphatic heterocycles. The van der Waals surface area contributed by atoms with Crippen molar-refractivity contribution in [2.75, 3.05) is 36.9 Å². The second-order valence-electron chi connectivity index (χ2n) is 13.6. The zero-order valence-electron chi connectivity index (χ0n) is 28.1. The Morgan fingerprint density at radius 3 is 2.26 bits per heavy atom. The lowest BCUT2D eigenvalue weighted by Gasteiger charge is -2.22. The molecule has 12 heteroatoms. The highest BCUT2D eigenvalue weighted by Gasteiger charge is 2.31. The summed E-state index contributed by atoms with van der Waals surface area (Å²) < 4.78 is 12.8. The van der Waals surface area contributed by atoms with E-state index in [4.69, 9.17) is 14.5 Å². The molecule has 46 heavy (non-hydrogen) atoms. The summed E-state index contributed by atoms with van der Waals surface area (Å²) in [5, 5.41) is 5.75. The molecule has 1 fully saturated rings. The SMILES string of the molecule is C[C@H](CCCCNC(=O)OC(C)(C)C)n1c(NC(=O)c2cccc(C(=O)OC(C)(C)C)c2)nc2cccc(N3CCN(C)C3=O)c21. The van der Waals surface area contributed by atoms with Crippen LogP contribution in [0.15, 0.2) is 42.5 Å². The van der Waals surface area contributed by atoms with Crippen LogP contribution in [-0.4, -0.2) is 76.3 Å². The first-order valence-corrected chi connectivity index (χ1v) is 15.7. The predicted molar refractivity (Wildman–Crippen MR) is 177 cm³/mol. The van der Waals surface area contributed by atoms with Gasteiger partial charge in [0.05, 0.1) is 22.3 Å². The maximum absolute atomic E-state index is 13.6. The Hall–Kier alpha value is -4.61. The number of urea groups is 1. The molecule has 1 aliphatic rings. The molecule has 4 amide bonds. The summed E-state index contributed by atoms with van der Waals surface area (Å²) >= 11 is 0. The van der Waals surface area contributed by atoms with Crippen molar-refractivity contribution in [3.8, 4) is 0 Å². The monoisotopic (exact) mass is 634 g/mol. The molecule has 248 valence electrons. The smallest absolute Gasteiger partial charge is 0.407 e. The third kappa shape index (κ3) is 8.55. The van der Waals surface area contributed by atoms with E-state index in [0.29, 0.717) is 43.2 Å². The van der Waals surface area contributed by atoms with Crippen LogP contribution in [0.1, 0.15) is 94.5 Å². The number of para-hydroxylation sites is 1. The Labute approximate surface area is 270 Å². The summed E-state index contributed by atoms with van der Waals surface area (Å²) in [4.78, 5) is 59.5. The first-order valence-electron chi connectivity index (χ1n) is 15.7. The number of unbranched alkanes of at least 4 members (excludes halogenated alkanes) is 1. The number of likely N-dealkylation sites (N-methyl/N-ethyl adjacent to an activating group) is 1. The van der Waals surface area contributed by atoms with Crippen LogP contribution < -0.4 is 15.5 Å². The van der Waals surface area contributed by atoms with E-state index in [0.717, 1.165) is 18.4 Å². The van der Waals surface area contributed by atoms with Crippen LogP contribution in [0.25, 0.3) is 11.0 Å². The Balaban J connectivity index is 1.60. The Morgan fingerprint density at radius 1 is 0.935 bits per heavy atom. The van der Waals surface area contributed by atoms with Crippen LogP contribution in [0, 0.1) is 0 Å². The zero-order valence-corrected chi connectivity index (χ0v) is 28.1. The van der Waals surface area contributed by atoms with E-state index in [2.05, 4.69) is 10.6 Å². The highest BCUT2D eigenvalue weighted by Crippen LogP contribution is 2.35. The van der Waals surface area contributed by atoms with E-state index in [1.54, 1.807) is 55.8 Å². The second kappa shape index (κ2) is 13.8. The van der Waals surface area contributed by atoms with Gasteiger partial charge in [-0.2, -0.15) is 0 Å². The fourth-order valence-corrected chi connectivity index (χ4v) is 5.23. The summed E-state index contributed by atoms with van der Waals surface area (Å²) in [7, 11) is 1.77. The number of rotatable bonds is 10. The van der Waals surface area contributed by atoms with E-state index in [1.165, 1.54) is 6.07 Å². The van der Waals surface area contributed by atoms with Crippen molar-refractivity contribution in [1.82, 2.24) is 19.8 Å². The van der Waals surface area contributed by atoms with Crippen molar-refractivity contribution in [3.63, 3.8) is 0 Å². The standard InChI is InChI=1S/C34H46N6O6/c1-22(13-9-10-18-35-31(43)46-34(5,6)7)40-27-25(16-12-17-26(27)39-20-19-38(8)32(39)44)36-30(40)37-28(41)23-14-11-15-24(21-23)29(42)45-33(2,3)4/h11-12,14-17,21-22H,9-10,13,18-20H2,1-8H3,(H,35,43)(H,36,37,41)/t22-/m1/s1. The minimum absolute atomic E-state index is 0.106. The first kappa shape index (κ1) is 34.3. The van der Waals surface area contributed by atoms with Gasteiger partial charge in [0.15, 0.2) is 0 Å². The van der Waals surface area contributed by atoms with E-state index in [-0.39, 0.29) is 23.2 Å². The third-order valence-corrected chi connectivity index (χ3v) is 7.34. The van der Waals surface area contributed by atoms with Gasteiger partial charge >= 0.3 is 18.1 Å². The molecular weight excluding hydrogens is 588 g/mol. The normalized spacial score (nSPS) is 14.4. The molecule has 0 spiro atoms. The van der Waals surface area contributed by atoms with Crippen molar-refractivity contribution in [1.29, 1.82) is 0 Å². The molecule has 2 N–H and O–H groups in total. The van der Waals surface area contributed by atoms with Crippen molar-refractivity contribution in [3.05, 3.63) is 53.6 Å². The number of alkyl carbamates (subject to hydrolysis) is 1. The number of anilines is 2. The van der Waals surface area contributed by atoms with E-state index < -0.39 is 29.2 Å². The lowest BCUT2D eigenvalue weighted by molar-refractivity contribution is 0.00691. The van der Waals surface area contributed by atoms with Crippen molar-refractivity contribution < 1.29 is 28.7 Å². The van der Waals surface area contributed by atoms with Gasteiger partial charge in [0.25, 0.3) is 5.91 Å². The summed E-state index contributed by atoms with van der Waals surface area (Å²) in [6.07, 6.45) is 1.75. The number of ether oxygens (including phenoxy) is 2. The molecular formula is C34H46N6O6. The number of imidazole rings is 1. The van der Waals surface area contributed by atoms with Gasteiger partial charge in [-0.25, -0.2) is 19.4 Å². The Bertz CT molecular complexity index is 1600. The number of fused-ring (bicyclic) bond motifs is 1. The average molecular weight is 635 g/mol. The summed E-state index contributed by atoms with van der Waals surface area (Å²) in [6, 6.07) is 11.7. The quantitative estimate of drug-likeness (QED) is 0.195. The van der Waals surface area contributed by atoms with Gasteiger partial charge in [-0.05, 0) is 98.1 Å². The number of hydrogen-bond acceptors (Lipinski definition) is 7. The fourth-order valence-electron chi connectivity index (χ4n) is 5.23. The number of nitrogens with zero attached hydrogens (tertiary/aromatic N) is 4. The number of nitrogens with one attached hydrogen (secondary N) is 2. The van der Waals surface area contributed by atoms with E-state index in [9.17, 15) is 19.2 Å². The number of benzene rings is 2. The van der Waals surface area contributed by atoms with Crippen LogP contribution in [0.5, 0.6) is 0 Å². The van der Waals surface area contributed by atoms with Gasteiger partial charge in [-0.1, -0.05) is 12.1 Å². The minimum Gasteiger partial charge on any atom is -0.456 e. The van der Waals surface area contributed by atoms with Gasteiger partial charge in [-0.15, -0.1) is 0 Å². The lowest BCUT2D eigenvalue weighted by atomic mass is 10.1. The second-order valence-corrected chi connectivity index (χ2v) is 13.6. The van der Waals surface area contributed by atoms with Gasteiger partial charge < -0.3 is 24.3 Å². The molecule has 0 radical (unpaired) electrons. The van der Waals surface area contributed by atoms with Crippen LogP contribution in [0.2, 0.25) is 0 Å². The zero-order chi connectivity index (χ0) is 33.8. The highest BCUT2D eigenvalue weighted by atomic mass is 16.6. The largest absolute Gasteiger partial charge is 0.456 e. The van der Waals surface area contributed by atoms with Gasteiger partial charge in [0.1, 0.15) is 11.2 Å². The van der Waals surface area contributed by atoms with E-state index in [1.807, 2.05) is 50.5 Å². The summed E-state index contributed by atoms with van der Waals surface area (Å²) in [6.45, 7) is 14.4. The molecule has 1 atom stereocenters. The number of carbonyl (C=O) groups is 4. The summed E-state index contributed by atoms with van der Waals surface area (Å²) in [5.41, 5.74) is 1.39. The number of carbonyl (C=O) groups excluding carboxylic acids is 4. The van der Waals surface area contributed by atoms with Crippen LogP contribution in [-0.2, 0) is 9.47 Å². The molecule has 2 heterocycles. The lowest BCUT2D eigenvalue weighted by Crippen LogP contribution is -2.33. The maximum Gasteiger partial charge on any atom is 0.407 e. The molecule has 3 aromatic rings. The van der Waals surface area contributed by atoms with Gasteiger partial charge in [0.2, 0.25) is 5.95 Å². The van der Waals surface area contributed by atoms with Crippen LogP contribution >= 0.6 is 0 Å². The number of aromatic nitrogens is 2. The van der Waals surface area contributed by atoms with Crippen molar-refractivity contribution in [2.24, 2.45) is 0 Å². The van der Waals surface area contributed by atoms with Crippen LogP contribution in [0.3, 0.4) is 0 Å². The van der Waals surface area contributed by atoms with E-state index >= 15 is 0 Å². The number of esters is 1. The van der Waals surface area contributed by atoms with Crippen molar-refractivity contribution >= 4 is 46.7 Å². The molecule has 2 aromatic carbocycles. The molecule has 4 rings (SSSR count). The fraction of sp³-hybridized carbons (Fsp3) is 0.500. The molecule has 1 saturated heterocycles. The topological polar surface area (TPSA) is 135 Å². The average Bonchev–Trinajstić information content (AvgIpc) is 3.49. The Morgan fingerprint density at radius 2 is 1.61 bits per heavy atom. The highest BCUT2D eigenvalue weighted by molar-refractivity contribution is 6.07. The number of hydrogen-bond donors (Lipinski definition) is 2. The summed E-state index contributed by atoms with van der Waals surface area (Å²) in [5.74, 6) is -0.627. The molecule has 0 unspecified atom stereocenters.